The van der Waals surface area contributed by atoms with E-state index < -0.39 is 17.8 Å². The normalized spacial score (nSPS) is 16.4. The van der Waals surface area contributed by atoms with Gasteiger partial charge < -0.3 is 14.8 Å². The first kappa shape index (κ1) is 31.4. The van der Waals surface area contributed by atoms with Gasteiger partial charge in [-0.3, -0.25) is 14.6 Å². The topological polar surface area (TPSA) is 101 Å². The van der Waals surface area contributed by atoms with Crippen molar-refractivity contribution in [3.05, 3.63) is 124 Å². The standard InChI is InChI=1S/C35H34ClN3O4/c1-25-31(35(41)43-21-10-19-37)32(28-16-8-17-29(36)23-28)33(34(40)38-20-9-15-26-11-4-2-5-12-26)30(39-25)24-42-22-18-27-13-6-3-7-14-27/h2-9,11-17,23,31-32H,10,18,20-22,24H2,1H3,(H,38,40). The number of carbonyl (C=O) groups excluding carboxylic acids is 2. The van der Waals surface area contributed by atoms with Crippen molar-refractivity contribution < 1.29 is 19.1 Å². The van der Waals surface area contributed by atoms with Gasteiger partial charge in [0, 0.05) is 28.8 Å². The smallest absolute Gasteiger partial charge is 0.315 e. The average Bonchev–Trinajstić information content (AvgIpc) is 3.02. The quantitative estimate of drug-likeness (QED) is 0.184. The number of esters is 1. The van der Waals surface area contributed by atoms with Crippen LogP contribution in [-0.4, -0.2) is 44.0 Å². The summed E-state index contributed by atoms with van der Waals surface area (Å²) in [6, 6.07) is 28.9. The molecule has 0 aromatic heterocycles. The van der Waals surface area contributed by atoms with Crippen molar-refractivity contribution in [1.29, 1.82) is 5.26 Å². The lowest BCUT2D eigenvalue weighted by molar-refractivity contribution is -0.146. The van der Waals surface area contributed by atoms with Crippen molar-refractivity contribution in [3.63, 3.8) is 0 Å². The summed E-state index contributed by atoms with van der Waals surface area (Å²) in [5.74, 6) is -2.53. The number of hydrogen-bond acceptors (Lipinski definition) is 6. The highest BCUT2D eigenvalue weighted by molar-refractivity contribution is 6.30. The molecule has 2 unspecified atom stereocenters. The van der Waals surface area contributed by atoms with Gasteiger partial charge in [0.05, 0.1) is 31.4 Å². The molecule has 1 N–H and O–H groups in total. The lowest BCUT2D eigenvalue weighted by atomic mass is 9.75. The molecule has 220 valence electrons. The van der Waals surface area contributed by atoms with Crippen molar-refractivity contribution in [1.82, 2.24) is 5.32 Å². The van der Waals surface area contributed by atoms with E-state index in [1.807, 2.05) is 85.0 Å². The van der Waals surface area contributed by atoms with Crippen LogP contribution in [0.1, 0.15) is 36.0 Å². The minimum Gasteiger partial charge on any atom is -0.464 e. The molecule has 1 heterocycles. The molecule has 0 saturated heterocycles. The maximum Gasteiger partial charge on any atom is 0.315 e. The zero-order chi connectivity index (χ0) is 30.4. The van der Waals surface area contributed by atoms with Gasteiger partial charge in [-0.25, -0.2) is 0 Å². The summed E-state index contributed by atoms with van der Waals surface area (Å²) in [5, 5.41) is 12.4. The SMILES string of the molecule is CC1=NC(COCCc2ccccc2)=C(C(=O)NCC=Cc2ccccc2)C(c2cccc(Cl)c2)C1C(=O)OCCC#N. The molecule has 0 saturated carbocycles. The van der Waals surface area contributed by atoms with Gasteiger partial charge >= 0.3 is 5.97 Å². The molecule has 0 fully saturated rings. The highest BCUT2D eigenvalue weighted by Gasteiger charge is 2.42. The Bertz CT molecular complexity index is 1530. The fraction of sp³-hybridized carbons (Fsp3) is 0.257. The van der Waals surface area contributed by atoms with E-state index in [2.05, 4.69) is 5.32 Å². The van der Waals surface area contributed by atoms with Gasteiger partial charge in [0.25, 0.3) is 0 Å². The lowest BCUT2D eigenvalue weighted by Crippen LogP contribution is -2.40. The van der Waals surface area contributed by atoms with Crippen LogP contribution in [0.2, 0.25) is 5.02 Å². The van der Waals surface area contributed by atoms with Crippen LogP contribution in [0.3, 0.4) is 0 Å². The number of nitriles is 1. The number of benzene rings is 3. The number of amides is 1. The summed E-state index contributed by atoms with van der Waals surface area (Å²) in [5.41, 5.74) is 4.09. The zero-order valence-corrected chi connectivity index (χ0v) is 24.8. The Balaban J connectivity index is 1.65. The van der Waals surface area contributed by atoms with Gasteiger partial charge in [0.2, 0.25) is 5.91 Å². The summed E-state index contributed by atoms with van der Waals surface area (Å²) in [7, 11) is 0. The van der Waals surface area contributed by atoms with Crippen molar-refractivity contribution in [2.45, 2.75) is 25.7 Å². The van der Waals surface area contributed by atoms with Crippen LogP contribution in [0.5, 0.6) is 0 Å². The number of ether oxygens (including phenoxy) is 2. The molecule has 0 radical (unpaired) electrons. The van der Waals surface area contributed by atoms with Gasteiger partial charge in [0.1, 0.15) is 12.5 Å². The van der Waals surface area contributed by atoms with E-state index in [9.17, 15) is 9.59 Å². The summed E-state index contributed by atoms with van der Waals surface area (Å²) < 4.78 is 11.5. The molecule has 0 aliphatic carbocycles. The Morgan fingerprint density at radius 3 is 2.49 bits per heavy atom. The third-order valence-electron chi connectivity index (χ3n) is 6.99. The Hall–Kier alpha value is -4.51. The number of nitrogens with zero attached hydrogens (tertiary/aromatic N) is 2. The molecule has 3 aromatic carbocycles. The molecule has 7 nitrogen and oxygen atoms in total. The van der Waals surface area contributed by atoms with E-state index in [0.29, 0.717) is 40.6 Å². The van der Waals surface area contributed by atoms with Crippen LogP contribution < -0.4 is 5.32 Å². The average molecular weight is 596 g/mol. The van der Waals surface area contributed by atoms with Gasteiger partial charge in [-0.15, -0.1) is 0 Å². The number of aliphatic imine (C=N–C) groups is 1. The van der Waals surface area contributed by atoms with Crippen LogP contribution in [0.4, 0.5) is 0 Å². The first-order valence-electron chi connectivity index (χ1n) is 14.2. The molecule has 43 heavy (non-hydrogen) atoms. The zero-order valence-electron chi connectivity index (χ0n) is 24.0. The Labute approximate surface area is 257 Å². The van der Waals surface area contributed by atoms with Crippen molar-refractivity contribution in [2.24, 2.45) is 10.9 Å². The predicted molar refractivity (Wildman–Crippen MR) is 168 cm³/mol. The van der Waals surface area contributed by atoms with Crippen LogP contribution in [0.15, 0.2) is 107 Å². The highest BCUT2D eigenvalue weighted by Crippen LogP contribution is 2.40. The second-order valence-electron chi connectivity index (χ2n) is 10.0. The van der Waals surface area contributed by atoms with E-state index in [0.717, 1.165) is 11.1 Å². The van der Waals surface area contributed by atoms with Crippen LogP contribution in [0, 0.1) is 17.2 Å². The number of rotatable bonds is 13. The van der Waals surface area contributed by atoms with Crippen molar-refractivity contribution >= 4 is 35.3 Å². The Morgan fingerprint density at radius 1 is 1.02 bits per heavy atom. The third-order valence-corrected chi connectivity index (χ3v) is 7.22. The largest absolute Gasteiger partial charge is 0.464 e. The fourth-order valence-corrected chi connectivity index (χ4v) is 5.17. The summed E-state index contributed by atoms with van der Waals surface area (Å²) in [6.07, 6.45) is 4.56. The van der Waals surface area contributed by atoms with Crippen molar-refractivity contribution in [3.8, 4) is 6.07 Å². The van der Waals surface area contributed by atoms with E-state index in [4.69, 9.17) is 31.3 Å². The lowest BCUT2D eigenvalue weighted by Gasteiger charge is -2.32. The Kier molecular flexibility index (Phi) is 11.8. The summed E-state index contributed by atoms with van der Waals surface area (Å²) in [4.78, 5) is 32.1. The third kappa shape index (κ3) is 8.99. The number of hydrogen-bond donors (Lipinski definition) is 1. The van der Waals surface area contributed by atoms with E-state index in [1.165, 1.54) is 0 Å². The monoisotopic (exact) mass is 595 g/mol. The molecular formula is C35H34ClN3O4. The first-order chi connectivity index (χ1) is 21.0. The minimum atomic E-state index is -0.883. The second kappa shape index (κ2) is 16.2. The maximum atomic E-state index is 13.9. The molecule has 1 aliphatic heterocycles. The maximum absolute atomic E-state index is 13.9. The number of halogens is 1. The molecule has 0 spiro atoms. The molecular weight excluding hydrogens is 562 g/mol. The van der Waals surface area contributed by atoms with Crippen LogP contribution >= 0.6 is 11.6 Å². The molecule has 1 amide bonds. The van der Waals surface area contributed by atoms with E-state index >= 15 is 0 Å². The summed E-state index contributed by atoms with van der Waals surface area (Å²) >= 11 is 6.38. The molecule has 1 aliphatic rings. The summed E-state index contributed by atoms with van der Waals surface area (Å²) in [6.45, 7) is 2.47. The van der Waals surface area contributed by atoms with Crippen LogP contribution in [0.25, 0.3) is 6.08 Å². The first-order valence-corrected chi connectivity index (χ1v) is 14.5. The second-order valence-corrected chi connectivity index (χ2v) is 10.4. The van der Waals surface area contributed by atoms with Gasteiger partial charge in [-0.05, 0) is 42.2 Å². The van der Waals surface area contributed by atoms with E-state index in [-0.39, 0.29) is 32.1 Å². The molecule has 0 bridgehead atoms. The highest BCUT2D eigenvalue weighted by atomic mass is 35.5. The number of carbonyl (C=O) groups is 2. The molecule has 8 heteroatoms. The van der Waals surface area contributed by atoms with Crippen molar-refractivity contribution in [2.75, 3.05) is 26.4 Å². The number of nitrogens with one attached hydrogen (secondary N) is 1. The van der Waals surface area contributed by atoms with E-state index in [1.54, 1.807) is 25.1 Å². The van der Waals surface area contributed by atoms with Crippen LogP contribution in [-0.2, 0) is 25.5 Å². The van der Waals surface area contributed by atoms with Gasteiger partial charge in [0.15, 0.2) is 0 Å². The fourth-order valence-electron chi connectivity index (χ4n) is 4.97. The molecule has 4 rings (SSSR count). The molecule has 2 atom stereocenters. The predicted octanol–water partition coefficient (Wildman–Crippen LogP) is 6.31. The minimum absolute atomic E-state index is 0.0492. The molecule has 3 aromatic rings. The van der Waals surface area contributed by atoms with Gasteiger partial charge in [-0.1, -0.05) is 96.5 Å². The van der Waals surface area contributed by atoms with Gasteiger partial charge in [-0.2, -0.15) is 5.26 Å². The Morgan fingerprint density at radius 2 is 1.77 bits per heavy atom.